The lowest BCUT2D eigenvalue weighted by atomic mass is 10.1. The molecule has 1 aromatic heterocycles. The van der Waals surface area contributed by atoms with Crippen molar-refractivity contribution in [1.82, 2.24) is 10.2 Å². The number of esters is 1. The lowest BCUT2D eigenvalue weighted by molar-refractivity contribution is -0.122. The number of carbonyl (C=O) groups is 2. The predicted octanol–water partition coefficient (Wildman–Crippen LogP) is 2.70. The zero-order valence-corrected chi connectivity index (χ0v) is 13.7. The molecule has 3 aromatic rings. The number of para-hydroxylation sites is 2. The van der Waals surface area contributed by atoms with Gasteiger partial charge in [-0.15, -0.1) is 0 Å². The van der Waals surface area contributed by atoms with Crippen LogP contribution in [0.3, 0.4) is 0 Å². The standard InChI is InChI=1S/C19H17N3O3/c1-12-10-13-6-2-5-9-16(13)22(12)17(23)11-25-19(24)18-14-7-3-4-8-15(14)20-21-18/h2-9,12H,10-11H2,1H3,(H,20,21)/t12-/m1/s1. The molecule has 25 heavy (non-hydrogen) atoms. The quantitative estimate of drug-likeness (QED) is 0.747. The first-order chi connectivity index (χ1) is 12.1. The molecule has 2 heterocycles. The molecule has 0 fully saturated rings. The fraction of sp³-hybridized carbons (Fsp3) is 0.211. The van der Waals surface area contributed by atoms with Crippen LogP contribution in [0.2, 0.25) is 0 Å². The summed E-state index contributed by atoms with van der Waals surface area (Å²) in [5.74, 6) is -0.837. The van der Waals surface area contributed by atoms with Crippen molar-refractivity contribution in [3.8, 4) is 0 Å². The SMILES string of the molecule is C[C@@H]1Cc2ccccc2N1C(=O)COC(=O)c1n[nH]c2ccccc12. The van der Waals surface area contributed by atoms with Crippen molar-refractivity contribution in [2.24, 2.45) is 0 Å². The van der Waals surface area contributed by atoms with Crippen LogP contribution in [-0.2, 0) is 16.0 Å². The van der Waals surface area contributed by atoms with Gasteiger partial charge < -0.3 is 9.64 Å². The number of hydrogen-bond donors (Lipinski definition) is 1. The van der Waals surface area contributed by atoms with Crippen LogP contribution in [0.15, 0.2) is 48.5 Å². The van der Waals surface area contributed by atoms with E-state index in [0.717, 1.165) is 23.2 Å². The molecular weight excluding hydrogens is 318 g/mol. The second-order valence-corrected chi connectivity index (χ2v) is 6.14. The summed E-state index contributed by atoms with van der Waals surface area (Å²) in [4.78, 5) is 26.6. The van der Waals surface area contributed by atoms with Crippen LogP contribution in [0.4, 0.5) is 5.69 Å². The van der Waals surface area contributed by atoms with Crippen molar-refractivity contribution < 1.29 is 14.3 Å². The zero-order chi connectivity index (χ0) is 17.4. The van der Waals surface area contributed by atoms with Gasteiger partial charge in [0.25, 0.3) is 5.91 Å². The second-order valence-electron chi connectivity index (χ2n) is 6.14. The molecule has 0 saturated heterocycles. The predicted molar refractivity (Wildman–Crippen MR) is 93.5 cm³/mol. The van der Waals surface area contributed by atoms with E-state index in [-0.39, 0.29) is 24.2 Å². The largest absolute Gasteiger partial charge is 0.451 e. The van der Waals surface area contributed by atoms with Gasteiger partial charge in [-0.2, -0.15) is 5.10 Å². The van der Waals surface area contributed by atoms with Crippen molar-refractivity contribution in [2.75, 3.05) is 11.5 Å². The molecule has 126 valence electrons. The fourth-order valence-electron chi connectivity index (χ4n) is 3.33. The molecule has 1 atom stereocenters. The smallest absolute Gasteiger partial charge is 0.359 e. The molecule has 1 N–H and O–H groups in total. The lowest BCUT2D eigenvalue weighted by Crippen LogP contribution is -2.38. The molecule has 0 spiro atoms. The molecule has 2 aromatic carbocycles. The molecular formula is C19H17N3O3. The van der Waals surface area contributed by atoms with Crippen LogP contribution in [0, 0.1) is 0 Å². The summed E-state index contributed by atoms with van der Waals surface area (Å²) in [5.41, 5.74) is 2.97. The Kier molecular flexibility index (Phi) is 3.72. The summed E-state index contributed by atoms with van der Waals surface area (Å²) in [7, 11) is 0. The number of aromatic amines is 1. The van der Waals surface area contributed by atoms with Crippen LogP contribution >= 0.6 is 0 Å². The molecule has 0 saturated carbocycles. The fourth-order valence-corrected chi connectivity index (χ4v) is 3.33. The van der Waals surface area contributed by atoms with Crippen molar-refractivity contribution in [1.29, 1.82) is 0 Å². The Labute approximate surface area is 144 Å². The Hall–Kier alpha value is -3.15. The molecule has 0 unspecified atom stereocenters. The van der Waals surface area contributed by atoms with E-state index in [4.69, 9.17) is 4.74 Å². The summed E-state index contributed by atoms with van der Waals surface area (Å²) in [6.07, 6.45) is 0.805. The number of aromatic nitrogens is 2. The Morgan fingerprint density at radius 3 is 2.84 bits per heavy atom. The minimum atomic E-state index is -0.606. The highest BCUT2D eigenvalue weighted by Crippen LogP contribution is 2.31. The highest BCUT2D eigenvalue weighted by atomic mass is 16.5. The Morgan fingerprint density at radius 2 is 1.96 bits per heavy atom. The molecule has 0 aliphatic carbocycles. The van der Waals surface area contributed by atoms with E-state index in [1.54, 1.807) is 11.0 Å². The summed E-state index contributed by atoms with van der Waals surface area (Å²) in [5, 5.41) is 7.46. The van der Waals surface area contributed by atoms with Crippen LogP contribution in [0.1, 0.15) is 23.0 Å². The maximum atomic E-state index is 12.6. The lowest BCUT2D eigenvalue weighted by Gasteiger charge is -2.22. The van der Waals surface area contributed by atoms with E-state index in [2.05, 4.69) is 10.2 Å². The number of fused-ring (bicyclic) bond motifs is 2. The monoisotopic (exact) mass is 335 g/mol. The van der Waals surface area contributed by atoms with Gasteiger partial charge in [0, 0.05) is 17.1 Å². The minimum Gasteiger partial charge on any atom is -0.451 e. The molecule has 1 aliphatic rings. The first kappa shape index (κ1) is 15.4. The molecule has 0 bridgehead atoms. The van der Waals surface area contributed by atoms with Crippen molar-refractivity contribution in [3.63, 3.8) is 0 Å². The van der Waals surface area contributed by atoms with E-state index in [1.165, 1.54) is 0 Å². The molecule has 4 rings (SSSR count). The number of ether oxygens (including phenoxy) is 1. The highest BCUT2D eigenvalue weighted by Gasteiger charge is 2.31. The summed E-state index contributed by atoms with van der Waals surface area (Å²) >= 11 is 0. The van der Waals surface area contributed by atoms with Gasteiger partial charge in [-0.3, -0.25) is 9.89 Å². The van der Waals surface area contributed by atoms with E-state index in [1.807, 2.05) is 49.4 Å². The summed E-state index contributed by atoms with van der Waals surface area (Å²) < 4.78 is 5.22. The highest BCUT2D eigenvalue weighted by molar-refractivity contribution is 6.03. The second kappa shape index (κ2) is 6.05. The van der Waals surface area contributed by atoms with E-state index < -0.39 is 5.97 Å². The van der Waals surface area contributed by atoms with Crippen LogP contribution in [0.25, 0.3) is 10.9 Å². The van der Waals surface area contributed by atoms with E-state index in [0.29, 0.717) is 5.39 Å². The first-order valence-corrected chi connectivity index (χ1v) is 8.15. The minimum absolute atomic E-state index is 0.0508. The van der Waals surface area contributed by atoms with Gasteiger partial charge >= 0.3 is 5.97 Å². The summed E-state index contributed by atoms with van der Waals surface area (Å²) in [6, 6.07) is 15.1. The third-order valence-electron chi connectivity index (χ3n) is 4.47. The average Bonchev–Trinajstić information content (AvgIpc) is 3.19. The van der Waals surface area contributed by atoms with Crippen LogP contribution in [-0.4, -0.2) is 34.7 Å². The maximum absolute atomic E-state index is 12.6. The van der Waals surface area contributed by atoms with Crippen molar-refractivity contribution in [2.45, 2.75) is 19.4 Å². The number of H-pyrrole nitrogens is 1. The van der Waals surface area contributed by atoms with Gasteiger partial charge in [0.15, 0.2) is 12.3 Å². The number of carbonyl (C=O) groups excluding carboxylic acids is 2. The van der Waals surface area contributed by atoms with Crippen LogP contribution in [0.5, 0.6) is 0 Å². The third kappa shape index (κ3) is 2.65. The molecule has 1 aliphatic heterocycles. The van der Waals surface area contributed by atoms with E-state index >= 15 is 0 Å². The number of amides is 1. The molecule has 0 radical (unpaired) electrons. The molecule has 6 nitrogen and oxygen atoms in total. The average molecular weight is 335 g/mol. The number of anilines is 1. The van der Waals surface area contributed by atoms with Crippen LogP contribution < -0.4 is 4.90 Å². The third-order valence-corrected chi connectivity index (χ3v) is 4.47. The first-order valence-electron chi connectivity index (χ1n) is 8.15. The van der Waals surface area contributed by atoms with Gasteiger partial charge in [0.1, 0.15) is 0 Å². The number of nitrogens with one attached hydrogen (secondary N) is 1. The van der Waals surface area contributed by atoms with Crippen molar-refractivity contribution >= 4 is 28.5 Å². The Bertz CT molecular complexity index is 963. The number of nitrogens with zero attached hydrogens (tertiary/aromatic N) is 2. The maximum Gasteiger partial charge on any atom is 0.359 e. The molecule has 1 amide bonds. The number of rotatable bonds is 3. The number of hydrogen-bond acceptors (Lipinski definition) is 4. The van der Waals surface area contributed by atoms with E-state index in [9.17, 15) is 9.59 Å². The summed E-state index contributed by atoms with van der Waals surface area (Å²) in [6.45, 7) is 1.68. The topological polar surface area (TPSA) is 75.3 Å². The Balaban J connectivity index is 1.48. The van der Waals surface area contributed by atoms with Crippen molar-refractivity contribution in [3.05, 3.63) is 59.8 Å². The van der Waals surface area contributed by atoms with Gasteiger partial charge in [-0.05, 0) is 31.0 Å². The molecule has 6 heteroatoms. The zero-order valence-electron chi connectivity index (χ0n) is 13.7. The van der Waals surface area contributed by atoms with Gasteiger partial charge in [0.2, 0.25) is 0 Å². The number of benzene rings is 2. The Morgan fingerprint density at radius 1 is 1.20 bits per heavy atom. The van der Waals surface area contributed by atoms with Gasteiger partial charge in [-0.25, -0.2) is 4.79 Å². The van der Waals surface area contributed by atoms with Gasteiger partial charge in [-0.1, -0.05) is 36.4 Å². The normalized spacial score (nSPS) is 16.0. The van der Waals surface area contributed by atoms with Gasteiger partial charge in [0.05, 0.1) is 5.52 Å².